The normalized spacial score (nSPS) is 16.4. The van der Waals surface area contributed by atoms with Crippen molar-refractivity contribution in [3.05, 3.63) is 192 Å². The first kappa shape index (κ1) is 37.9. The van der Waals surface area contributed by atoms with Crippen molar-refractivity contribution >= 4 is 60.8 Å². The van der Waals surface area contributed by atoms with Gasteiger partial charge >= 0.3 is 0 Å². The highest BCUT2D eigenvalue weighted by Crippen LogP contribution is 2.64. The number of anilines is 3. The van der Waals surface area contributed by atoms with E-state index in [4.69, 9.17) is 4.42 Å². The molecule has 3 nitrogen and oxygen atoms in total. The highest BCUT2D eigenvalue weighted by Gasteiger charge is 2.57. The van der Waals surface area contributed by atoms with Gasteiger partial charge in [-0.05, 0) is 128 Å². The van der Waals surface area contributed by atoms with Crippen LogP contribution >= 0.6 is 0 Å². The number of fused-ring (bicyclic) bond motifs is 10. The first-order chi connectivity index (χ1) is 30.3. The molecule has 12 rings (SSSR count). The topological polar surface area (TPSA) is 21.3 Å². The number of benzene rings is 8. The Morgan fingerprint density at radius 3 is 1.83 bits per heavy atom. The van der Waals surface area contributed by atoms with Crippen LogP contribution in [-0.4, -0.2) is 4.57 Å². The van der Waals surface area contributed by atoms with Gasteiger partial charge in [0.25, 0.3) is 0 Å². The summed E-state index contributed by atoms with van der Waals surface area (Å²) in [5.74, 6) is 0. The average molecular weight is 817 g/mol. The molecule has 2 aliphatic carbocycles. The van der Waals surface area contributed by atoms with Crippen molar-refractivity contribution < 1.29 is 4.42 Å². The molecular weight excluding hydrogens is 765 g/mol. The molecule has 0 fully saturated rings. The maximum atomic E-state index is 6.46. The Hall–Kier alpha value is -6.84. The largest absolute Gasteiger partial charge is 0.456 e. The zero-order valence-electron chi connectivity index (χ0n) is 37.5. The monoisotopic (exact) mass is 816 g/mol. The van der Waals surface area contributed by atoms with E-state index in [9.17, 15) is 0 Å². The summed E-state index contributed by atoms with van der Waals surface area (Å²) >= 11 is 0. The lowest BCUT2D eigenvalue weighted by molar-refractivity contribution is 0.125. The molecular formula is C60H52N2O. The molecule has 0 saturated carbocycles. The van der Waals surface area contributed by atoms with Crippen molar-refractivity contribution in [1.29, 1.82) is 0 Å². The highest BCUT2D eigenvalue weighted by molar-refractivity contribution is 6.17. The lowest BCUT2D eigenvalue weighted by atomic mass is 9.59. The molecule has 0 N–H and O–H groups in total. The number of hydrogen-bond donors (Lipinski definition) is 0. The number of hydrogen-bond acceptors (Lipinski definition) is 2. The minimum Gasteiger partial charge on any atom is -0.456 e. The molecule has 63 heavy (non-hydrogen) atoms. The lowest BCUT2D eigenvalue weighted by Crippen LogP contribution is -2.42. The standard InChI is InChI=1S/C60H52N2O/c1-57(2)47-25-15-12-21-40(47)41-31-29-39(34-48(41)57)61(38-30-32-55-46(33-38)42-22-14-17-28-54(42)63-55)53-36-50-49(58(3,4)60(7,8)59(50,5)6)35-45(53)43-24-18-27-52-56(43)44-23-13-16-26-51(44)62(52)37-19-10-9-11-20-37/h9-36H,1-8H3. The number of para-hydroxylation sites is 3. The molecule has 0 amide bonds. The lowest BCUT2D eigenvalue weighted by Gasteiger charge is -2.44. The molecule has 2 aliphatic rings. The van der Waals surface area contributed by atoms with Gasteiger partial charge in [-0.3, -0.25) is 0 Å². The molecule has 0 bridgehead atoms. The predicted molar refractivity (Wildman–Crippen MR) is 266 cm³/mol. The van der Waals surface area contributed by atoms with Crippen molar-refractivity contribution in [3.8, 4) is 27.9 Å². The van der Waals surface area contributed by atoms with E-state index in [0.29, 0.717) is 0 Å². The third-order valence-electron chi connectivity index (χ3n) is 16.3. The Balaban J connectivity index is 1.21. The summed E-state index contributed by atoms with van der Waals surface area (Å²) in [6.07, 6.45) is 0. The van der Waals surface area contributed by atoms with E-state index in [2.05, 4.69) is 235 Å². The van der Waals surface area contributed by atoms with E-state index in [1.165, 1.54) is 72.0 Å². The smallest absolute Gasteiger partial charge is 0.135 e. The Kier molecular flexibility index (Phi) is 7.73. The van der Waals surface area contributed by atoms with E-state index in [0.717, 1.165) is 39.0 Å². The second kappa shape index (κ2) is 12.9. The molecule has 2 heterocycles. The quantitative estimate of drug-likeness (QED) is 0.173. The van der Waals surface area contributed by atoms with Gasteiger partial charge in [0.2, 0.25) is 0 Å². The average Bonchev–Trinajstić information content (AvgIpc) is 3.94. The zero-order chi connectivity index (χ0) is 43.2. The van der Waals surface area contributed by atoms with E-state index in [1.807, 2.05) is 0 Å². The SMILES string of the molecule is CC1(C)c2ccccc2-c2ccc(N(c3ccc4oc5ccccc5c4c3)c3cc4c(cc3-c3cccc5c3c3ccccc3n5-c3ccccc3)C(C)(C)C(C)(C)C4(C)C)cc21. The number of rotatable bonds is 5. The van der Waals surface area contributed by atoms with E-state index in [1.54, 1.807) is 0 Å². The van der Waals surface area contributed by atoms with E-state index >= 15 is 0 Å². The van der Waals surface area contributed by atoms with Crippen LogP contribution in [0.4, 0.5) is 17.1 Å². The second-order valence-electron chi connectivity index (χ2n) is 20.2. The molecule has 0 atom stereocenters. The Morgan fingerprint density at radius 2 is 1.02 bits per heavy atom. The Morgan fingerprint density at radius 1 is 0.413 bits per heavy atom. The van der Waals surface area contributed by atoms with Crippen molar-refractivity contribution in [3.63, 3.8) is 0 Å². The molecule has 8 aromatic carbocycles. The van der Waals surface area contributed by atoms with Gasteiger partial charge in [0.1, 0.15) is 11.2 Å². The van der Waals surface area contributed by atoms with Gasteiger partial charge in [-0.15, -0.1) is 0 Å². The molecule has 2 aromatic heterocycles. The van der Waals surface area contributed by atoms with Gasteiger partial charge in [-0.2, -0.15) is 0 Å². The van der Waals surface area contributed by atoms with Crippen LogP contribution in [0.3, 0.4) is 0 Å². The molecule has 308 valence electrons. The van der Waals surface area contributed by atoms with Crippen LogP contribution in [0.25, 0.3) is 71.7 Å². The summed E-state index contributed by atoms with van der Waals surface area (Å²) in [5.41, 5.74) is 19.0. The van der Waals surface area contributed by atoms with Crippen LogP contribution in [0.5, 0.6) is 0 Å². The Bertz CT molecular complexity index is 3520. The van der Waals surface area contributed by atoms with Crippen LogP contribution in [0.2, 0.25) is 0 Å². The zero-order valence-corrected chi connectivity index (χ0v) is 37.5. The summed E-state index contributed by atoms with van der Waals surface area (Å²) in [6.45, 7) is 19.5. The predicted octanol–water partition coefficient (Wildman–Crippen LogP) is 16.7. The third-order valence-corrected chi connectivity index (χ3v) is 16.3. The van der Waals surface area contributed by atoms with Crippen LogP contribution in [-0.2, 0) is 16.2 Å². The fourth-order valence-electron chi connectivity index (χ4n) is 11.7. The summed E-state index contributed by atoms with van der Waals surface area (Å²) in [4.78, 5) is 2.56. The fourth-order valence-corrected chi connectivity index (χ4v) is 11.7. The number of nitrogens with zero attached hydrogens (tertiary/aromatic N) is 2. The van der Waals surface area contributed by atoms with Crippen LogP contribution in [0, 0.1) is 5.41 Å². The summed E-state index contributed by atoms with van der Waals surface area (Å²) in [7, 11) is 0. The first-order valence-electron chi connectivity index (χ1n) is 22.5. The molecule has 0 spiro atoms. The van der Waals surface area contributed by atoms with Gasteiger partial charge in [-0.25, -0.2) is 0 Å². The first-order valence-corrected chi connectivity index (χ1v) is 22.5. The summed E-state index contributed by atoms with van der Waals surface area (Å²) < 4.78 is 8.89. The van der Waals surface area contributed by atoms with Crippen molar-refractivity contribution in [2.75, 3.05) is 4.90 Å². The summed E-state index contributed by atoms with van der Waals surface area (Å²) in [6, 6.07) is 63.2. The summed E-state index contributed by atoms with van der Waals surface area (Å²) in [5, 5.41) is 4.74. The van der Waals surface area contributed by atoms with E-state index < -0.39 is 0 Å². The van der Waals surface area contributed by atoms with Crippen molar-refractivity contribution in [2.24, 2.45) is 5.41 Å². The molecule has 10 aromatic rings. The van der Waals surface area contributed by atoms with Crippen LogP contribution in [0.1, 0.15) is 77.6 Å². The highest BCUT2D eigenvalue weighted by atomic mass is 16.3. The minimum atomic E-state index is -0.167. The van der Waals surface area contributed by atoms with Gasteiger partial charge in [0, 0.05) is 49.6 Å². The molecule has 0 unspecified atom stereocenters. The van der Waals surface area contributed by atoms with Crippen molar-refractivity contribution in [2.45, 2.75) is 71.6 Å². The van der Waals surface area contributed by atoms with Gasteiger partial charge < -0.3 is 13.9 Å². The maximum absolute atomic E-state index is 6.46. The van der Waals surface area contributed by atoms with Crippen molar-refractivity contribution in [1.82, 2.24) is 4.57 Å². The molecule has 0 saturated heterocycles. The molecule has 0 aliphatic heterocycles. The van der Waals surface area contributed by atoms with Gasteiger partial charge in [0.15, 0.2) is 0 Å². The van der Waals surface area contributed by atoms with Crippen LogP contribution in [0.15, 0.2) is 174 Å². The number of aromatic nitrogens is 1. The maximum Gasteiger partial charge on any atom is 0.135 e. The fraction of sp³-hybridized carbons (Fsp3) is 0.200. The molecule has 0 radical (unpaired) electrons. The minimum absolute atomic E-state index is 0.0314. The van der Waals surface area contributed by atoms with Gasteiger partial charge in [-0.1, -0.05) is 152 Å². The van der Waals surface area contributed by atoms with Crippen LogP contribution < -0.4 is 4.90 Å². The number of furan rings is 1. The van der Waals surface area contributed by atoms with E-state index in [-0.39, 0.29) is 21.7 Å². The van der Waals surface area contributed by atoms with Gasteiger partial charge in [0.05, 0.1) is 16.7 Å². The molecule has 3 heteroatoms. The Labute approximate surface area is 370 Å². The second-order valence-corrected chi connectivity index (χ2v) is 20.2. The third kappa shape index (κ3) is 5.02.